The van der Waals surface area contributed by atoms with Gasteiger partial charge in [-0.1, -0.05) is 35.8 Å². The summed E-state index contributed by atoms with van der Waals surface area (Å²) in [6.45, 7) is 4.52. The number of sulfonamides is 1. The third kappa shape index (κ3) is 5.79. The zero-order valence-corrected chi connectivity index (χ0v) is 17.6. The summed E-state index contributed by atoms with van der Waals surface area (Å²) in [7, 11) is -3.62. The minimum absolute atomic E-state index is 0.0575. The highest BCUT2D eigenvalue weighted by atomic mass is 79.9. The van der Waals surface area contributed by atoms with Crippen LogP contribution < -0.4 is 4.74 Å². The molecule has 6 nitrogen and oxygen atoms in total. The van der Waals surface area contributed by atoms with Gasteiger partial charge in [0.2, 0.25) is 10.0 Å². The third-order valence-corrected chi connectivity index (χ3v) is 6.39. The van der Waals surface area contributed by atoms with Gasteiger partial charge in [-0.15, -0.1) is 0 Å². The second-order valence-electron chi connectivity index (χ2n) is 5.56. The molecule has 0 atom stereocenters. The molecule has 0 bridgehead atoms. The van der Waals surface area contributed by atoms with Crippen molar-refractivity contribution in [2.24, 2.45) is 0 Å². The molecule has 2 aromatic rings. The molecule has 0 unspecified atom stereocenters. The average Bonchev–Trinajstić information content (AvgIpc) is 2.67. The Bertz CT molecular complexity index is 864. The molecular weight excluding hydrogens is 434 g/mol. The van der Waals surface area contributed by atoms with Crippen LogP contribution in [0.2, 0.25) is 0 Å². The molecule has 0 fully saturated rings. The van der Waals surface area contributed by atoms with Crippen LogP contribution >= 0.6 is 15.9 Å². The molecule has 0 saturated heterocycles. The molecular formula is C19H22BrNO5S. The first-order valence-corrected chi connectivity index (χ1v) is 10.8. The maximum atomic E-state index is 12.6. The summed E-state index contributed by atoms with van der Waals surface area (Å²) in [6.07, 6.45) is 0. The topological polar surface area (TPSA) is 72.9 Å². The number of benzene rings is 2. The Morgan fingerprint density at radius 2 is 1.70 bits per heavy atom. The summed E-state index contributed by atoms with van der Waals surface area (Å²) in [5, 5.41) is 0. The van der Waals surface area contributed by atoms with Crippen molar-refractivity contribution in [2.45, 2.75) is 18.7 Å². The predicted molar refractivity (Wildman–Crippen MR) is 106 cm³/mol. The van der Waals surface area contributed by atoms with Gasteiger partial charge in [-0.3, -0.25) is 0 Å². The molecule has 27 heavy (non-hydrogen) atoms. The van der Waals surface area contributed by atoms with Gasteiger partial charge in [0.1, 0.15) is 19.0 Å². The van der Waals surface area contributed by atoms with Gasteiger partial charge in [0, 0.05) is 17.6 Å². The van der Waals surface area contributed by atoms with Crippen LogP contribution in [0.25, 0.3) is 0 Å². The van der Waals surface area contributed by atoms with Crippen LogP contribution in [0.1, 0.15) is 24.2 Å². The molecule has 2 aromatic carbocycles. The molecule has 0 heterocycles. The molecule has 0 radical (unpaired) electrons. The van der Waals surface area contributed by atoms with Gasteiger partial charge < -0.3 is 9.47 Å². The highest BCUT2D eigenvalue weighted by Crippen LogP contribution is 2.18. The Morgan fingerprint density at radius 3 is 2.33 bits per heavy atom. The van der Waals surface area contributed by atoms with Crippen molar-refractivity contribution in [3.63, 3.8) is 0 Å². The van der Waals surface area contributed by atoms with E-state index in [9.17, 15) is 13.2 Å². The van der Waals surface area contributed by atoms with E-state index in [4.69, 9.17) is 9.47 Å². The van der Waals surface area contributed by atoms with Crippen molar-refractivity contribution in [1.82, 2.24) is 4.31 Å². The Kier molecular flexibility index (Phi) is 7.82. The van der Waals surface area contributed by atoms with Crippen LogP contribution in [0, 0.1) is 0 Å². The van der Waals surface area contributed by atoms with Crippen molar-refractivity contribution >= 4 is 31.9 Å². The Balaban J connectivity index is 1.95. The lowest BCUT2D eigenvalue weighted by Gasteiger charge is -2.18. The molecule has 0 aliphatic rings. The van der Waals surface area contributed by atoms with Gasteiger partial charge in [-0.25, -0.2) is 13.2 Å². The fourth-order valence-corrected chi connectivity index (χ4v) is 4.17. The fourth-order valence-electron chi connectivity index (χ4n) is 2.40. The van der Waals surface area contributed by atoms with Crippen LogP contribution in [-0.2, 0) is 14.8 Å². The van der Waals surface area contributed by atoms with Gasteiger partial charge in [-0.05, 0) is 42.5 Å². The molecule has 2 rings (SSSR count). The van der Waals surface area contributed by atoms with Crippen molar-refractivity contribution < 1.29 is 22.7 Å². The zero-order chi connectivity index (χ0) is 19.9. The lowest BCUT2D eigenvalue weighted by molar-refractivity contribution is 0.0450. The lowest BCUT2D eigenvalue weighted by Crippen LogP contribution is -2.30. The molecule has 146 valence electrons. The minimum Gasteiger partial charge on any atom is -0.490 e. The number of hydrogen-bond acceptors (Lipinski definition) is 5. The number of ether oxygens (including phenoxy) is 2. The monoisotopic (exact) mass is 455 g/mol. The Labute approximate surface area is 168 Å². The van der Waals surface area contributed by atoms with E-state index in [1.54, 1.807) is 26.0 Å². The first-order valence-electron chi connectivity index (χ1n) is 8.54. The van der Waals surface area contributed by atoms with E-state index < -0.39 is 16.0 Å². The minimum atomic E-state index is -3.62. The van der Waals surface area contributed by atoms with E-state index in [0.29, 0.717) is 18.8 Å². The summed E-state index contributed by atoms with van der Waals surface area (Å²) < 4.78 is 38.1. The van der Waals surface area contributed by atoms with Crippen LogP contribution in [-0.4, -0.2) is 45.0 Å². The second kappa shape index (κ2) is 9.87. The SMILES string of the molecule is CCN(CC)S(=O)(=O)c1cccc(C(=O)OCCOc2ccc(Br)cc2)c1. The largest absolute Gasteiger partial charge is 0.490 e. The number of esters is 1. The highest BCUT2D eigenvalue weighted by Gasteiger charge is 2.22. The van der Waals surface area contributed by atoms with E-state index in [-0.39, 0.29) is 23.7 Å². The smallest absolute Gasteiger partial charge is 0.338 e. The molecule has 8 heteroatoms. The number of halogens is 1. The quantitative estimate of drug-likeness (QED) is 0.425. The van der Waals surface area contributed by atoms with Crippen LogP contribution in [0.3, 0.4) is 0 Å². The molecule has 0 saturated carbocycles. The normalized spacial score (nSPS) is 11.4. The molecule has 0 aliphatic heterocycles. The number of hydrogen-bond donors (Lipinski definition) is 0. The maximum absolute atomic E-state index is 12.6. The number of nitrogens with zero attached hydrogens (tertiary/aromatic N) is 1. The van der Waals surface area contributed by atoms with E-state index >= 15 is 0 Å². The molecule has 0 aliphatic carbocycles. The Morgan fingerprint density at radius 1 is 1.04 bits per heavy atom. The number of carbonyl (C=O) groups excluding carboxylic acids is 1. The average molecular weight is 456 g/mol. The van der Waals surface area contributed by atoms with Crippen molar-refractivity contribution in [1.29, 1.82) is 0 Å². The van der Waals surface area contributed by atoms with E-state index in [1.807, 2.05) is 12.1 Å². The van der Waals surface area contributed by atoms with E-state index in [2.05, 4.69) is 15.9 Å². The number of carbonyl (C=O) groups is 1. The number of rotatable bonds is 9. The summed E-state index contributed by atoms with van der Waals surface area (Å²) in [4.78, 5) is 12.3. The fraction of sp³-hybridized carbons (Fsp3) is 0.316. The van der Waals surface area contributed by atoms with E-state index in [0.717, 1.165) is 4.47 Å². The van der Waals surface area contributed by atoms with Crippen LogP contribution in [0.5, 0.6) is 5.75 Å². The summed E-state index contributed by atoms with van der Waals surface area (Å²) in [6, 6.07) is 13.2. The predicted octanol–water partition coefficient (Wildman–Crippen LogP) is 3.72. The summed E-state index contributed by atoms with van der Waals surface area (Å²) in [5.41, 5.74) is 0.187. The van der Waals surface area contributed by atoms with Crippen LogP contribution in [0.4, 0.5) is 0 Å². The third-order valence-electron chi connectivity index (χ3n) is 3.81. The first-order chi connectivity index (χ1) is 12.9. The van der Waals surface area contributed by atoms with Crippen molar-refractivity contribution in [3.05, 3.63) is 58.6 Å². The second-order valence-corrected chi connectivity index (χ2v) is 8.41. The summed E-state index contributed by atoms with van der Waals surface area (Å²) >= 11 is 3.34. The van der Waals surface area contributed by atoms with Crippen LogP contribution in [0.15, 0.2) is 57.9 Å². The molecule has 0 aromatic heterocycles. The molecule has 0 N–H and O–H groups in total. The van der Waals surface area contributed by atoms with Gasteiger partial charge in [-0.2, -0.15) is 4.31 Å². The standard InChI is InChI=1S/C19H22BrNO5S/c1-3-21(4-2)27(23,24)18-7-5-6-15(14-18)19(22)26-13-12-25-17-10-8-16(20)9-11-17/h5-11,14H,3-4,12-13H2,1-2H3. The summed E-state index contributed by atoms with van der Waals surface area (Å²) in [5.74, 6) is 0.0764. The molecule has 0 spiro atoms. The van der Waals surface area contributed by atoms with Gasteiger partial charge in [0.15, 0.2) is 0 Å². The molecule has 0 amide bonds. The maximum Gasteiger partial charge on any atom is 0.338 e. The Hall–Kier alpha value is -1.90. The van der Waals surface area contributed by atoms with Gasteiger partial charge in [0.25, 0.3) is 0 Å². The first kappa shape index (κ1) is 21.4. The van der Waals surface area contributed by atoms with Crippen molar-refractivity contribution in [2.75, 3.05) is 26.3 Å². The lowest BCUT2D eigenvalue weighted by atomic mass is 10.2. The zero-order valence-electron chi connectivity index (χ0n) is 15.2. The van der Waals surface area contributed by atoms with Gasteiger partial charge in [0.05, 0.1) is 10.5 Å². The van der Waals surface area contributed by atoms with Gasteiger partial charge >= 0.3 is 5.97 Å². The van der Waals surface area contributed by atoms with E-state index in [1.165, 1.54) is 28.6 Å². The highest BCUT2D eigenvalue weighted by molar-refractivity contribution is 9.10. The van der Waals surface area contributed by atoms with Crippen molar-refractivity contribution in [3.8, 4) is 5.75 Å².